The normalized spacial score (nSPS) is 10.9. The van der Waals surface area contributed by atoms with Gasteiger partial charge in [-0.2, -0.15) is 0 Å². The highest BCUT2D eigenvalue weighted by atomic mass is 127. The number of rotatable bonds is 5. The zero-order chi connectivity index (χ0) is 19.3. The number of hydrogen-bond donors (Lipinski definition) is 3. The van der Waals surface area contributed by atoms with Gasteiger partial charge in [-0.25, -0.2) is 13.2 Å². The summed E-state index contributed by atoms with van der Waals surface area (Å²) < 4.78 is 28.4. The summed E-state index contributed by atoms with van der Waals surface area (Å²) in [5.74, 6) is 0. The number of urea groups is 1. The van der Waals surface area contributed by atoms with E-state index >= 15 is 0 Å². The van der Waals surface area contributed by atoms with Crippen molar-refractivity contribution in [3.8, 4) is 0 Å². The largest absolute Gasteiger partial charge is 0.323 e. The minimum Gasteiger partial charge on any atom is -0.308 e. The molecule has 0 atom stereocenters. The summed E-state index contributed by atoms with van der Waals surface area (Å²) in [6.45, 7) is 0. The van der Waals surface area contributed by atoms with Crippen molar-refractivity contribution in [1.82, 2.24) is 0 Å². The van der Waals surface area contributed by atoms with Crippen LogP contribution in [0.25, 0.3) is 0 Å². The maximum atomic E-state index is 12.4. The predicted molar refractivity (Wildman–Crippen MR) is 115 cm³/mol. The lowest BCUT2D eigenvalue weighted by molar-refractivity contribution is 0.262. The molecule has 0 fully saturated rings. The average Bonchev–Trinajstić information content (AvgIpc) is 2.65. The summed E-state index contributed by atoms with van der Waals surface area (Å²) in [5, 5.41) is 5.35. The van der Waals surface area contributed by atoms with E-state index in [0.29, 0.717) is 17.1 Å². The summed E-state index contributed by atoms with van der Waals surface area (Å²) >= 11 is 2.15. The van der Waals surface area contributed by atoms with Crippen LogP contribution in [0.5, 0.6) is 0 Å². The number of anilines is 3. The SMILES string of the molecule is O=C(Nc1ccccc1)Nc1ccc(S(=O)(=O)Nc2ccc(I)cc2)cc1. The van der Waals surface area contributed by atoms with Gasteiger partial charge in [-0.3, -0.25) is 4.72 Å². The molecule has 0 aromatic heterocycles. The molecule has 8 heteroatoms. The fraction of sp³-hybridized carbons (Fsp3) is 0. The molecule has 3 rings (SSSR count). The first-order chi connectivity index (χ1) is 12.9. The zero-order valence-electron chi connectivity index (χ0n) is 14.0. The van der Waals surface area contributed by atoms with E-state index in [-0.39, 0.29) is 4.90 Å². The molecule has 0 saturated heterocycles. The maximum Gasteiger partial charge on any atom is 0.323 e. The Kier molecular flexibility index (Phi) is 5.97. The first kappa shape index (κ1) is 19.2. The van der Waals surface area contributed by atoms with Gasteiger partial charge in [0.2, 0.25) is 0 Å². The van der Waals surface area contributed by atoms with Crippen LogP contribution in [-0.2, 0) is 10.0 Å². The monoisotopic (exact) mass is 493 g/mol. The number of amides is 2. The molecule has 0 radical (unpaired) electrons. The molecule has 2 amide bonds. The molecule has 138 valence electrons. The summed E-state index contributed by atoms with van der Waals surface area (Å²) in [5.41, 5.74) is 1.63. The second-order valence-corrected chi connectivity index (χ2v) is 8.51. The smallest absolute Gasteiger partial charge is 0.308 e. The van der Waals surface area contributed by atoms with Gasteiger partial charge in [-0.15, -0.1) is 0 Å². The fourth-order valence-corrected chi connectivity index (χ4v) is 3.68. The summed E-state index contributed by atoms with van der Waals surface area (Å²) in [6.07, 6.45) is 0. The third kappa shape index (κ3) is 5.44. The number of sulfonamides is 1. The Morgan fingerprint density at radius 2 is 1.22 bits per heavy atom. The Morgan fingerprint density at radius 1 is 0.704 bits per heavy atom. The zero-order valence-corrected chi connectivity index (χ0v) is 17.0. The van der Waals surface area contributed by atoms with E-state index in [4.69, 9.17) is 0 Å². The minimum absolute atomic E-state index is 0.107. The van der Waals surface area contributed by atoms with Gasteiger partial charge < -0.3 is 10.6 Å². The van der Waals surface area contributed by atoms with Crippen LogP contribution in [0.3, 0.4) is 0 Å². The highest BCUT2D eigenvalue weighted by Crippen LogP contribution is 2.19. The highest BCUT2D eigenvalue weighted by Gasteiger charge is 2.14. The van der Waals surface area contributed by atoms with Crippen molar-refractivity contribution in [3.05, 3.63) is 82.4 Å². The fourth-order valence-electron chi connectivity index (χ4n) is 2.26. The van der Waals surface area contributed by atoms with E-state index in [1.165, 1.54) is 24.3 Å². The average molecular weight is 493 g/mol. The topological polar surface area (TPSA) is 87.3 Å². The lowest BCUT2D eigenvalue weighted by Crippen LogP contribution is -2.19. The van der Waals surface area contributed by atoms with Gasteiger partial charge in [0.1, 0.15) is 0 Å². The second kappa shape index (κ2) is 8.40. The Balaban J connectivity index is 1.65. The molecule has 0 aliphatic heterocycles. The van der Waals surface area contributed by atoms with Crippen LogP contribution in [0.15, 0.2) is 83.8 Å². The van der Waals surface area contributed by atoms with Crippen molar-refractivity contribution in [2.45, 2.75) is 4.90 Å². The van der Waals surface area contributed by atoms with Crippen molar-refractivity contribution in [2.24, 2.45) is 0 Å². The van der Waals surface area contributed by atoms with Crippen molar-refractivity contribution >= 4 is 55.7 Å². The van der Waals surface area contributed by atoms with Gasteiger partial charge in [-0.05, 0) is 83.3 Å². The molecule has 3 aromatic rings. The van der Waals surface area contributed by atoms with E-state index in [9.17, 15) is 13.2 Å². The molecule has 0 heterocycles. The molecule has 0 aliphatic rings. The first-order valence-corrected chi connectivity index (χ1v) is 10.5. The number of para-hydroxylation sites is 1. The molecule has 0 spiro atoms. The van der Waals surface area contributed by atoms with Gasteiger partial charge in [-0.1, -0.05) is 18.2 Å². The number of benzene rings is 3. The number of carbonyl (C=O) groups excluding carboxylic acids is 1. The molecule has 0 bridgehead atoms. The molecular weight excluding hydrogens is 477 g/mol. The Morgan fingerprint density at radius 3 is 1.81 bits per heavy atom. The van der Waals surface area contributed by atoms with Crippen LogP contribution in [0.4, 0.5) is 21.9 Å². The number of nitrogens with one attached hydrogen (secondary N) is 3. The van der Waals surface area contributed by atoms with Crippen molar-refractivity contribution in [1.29, 1.82) is 0 Å². The van der Waals surface area contributed by atoms with Crippen LogP contribution in [0, 0.1) is 3.57 Å². The number of carbonyl (C=O) groups is 1. The summed E-state index contributed by atoms with van der Waals surface area (Å²) in [4.78, 5) is 12.1. The molecule has 27 heavy (non-hydrogen) atoms. The molecule has 0 aliphatic carbocycles. The van der Waals surface area contributed by atoms with Crippen LogP contribution in [0.1, 0.15) is 0 Å². The number of halogens is 1. The first-order valence-electron chi connectivity index (χ1n) is 7.94. The van der Waals surface area contributed by atoms with Gasteiger partial charge in [0.15, 0.2) is 0 Å². The van der Waals surface area contributed by atoms with Crippen LogP contribution < -0.4 is 15.4 Å². The standard InChI is InChI=1S/C19H16IN3O3S/c20-14-6-8-17(9-7-14)23-27(25,26)18-12-10-16(11-13-18)22-19(24)21-15-4-2-1-3-5-15/h1-13,23H,(H2,21,22,24). The molecule has 0 unspecified atom stereocenters. The molecule has 0 saturated carbocycles. The molecule has 3 N–H and O–H groups in total. The Hall–Kier alpha value is -2.59. The number of hydrogen-bond acceptors (Lipinski definition) is 3. The lowest BCUT2D eigenvalue weighted by Gasteiger charge is -2.10. The van der Waals surface area contributed by atoms with Crippen molar-refractivity contribution in [3.63, 3.8) is 0 Å². The lowest BCUT2D eigenvalue weighted by atomic mass is 10.3. The van der Waals surface area contributed by atoms with Crippen molar-refractivity contribution in [2.75, 3.05) is 15.4 Å². The molecule has 3 aromatic carbocycles. The third-order valence-electron chi connectivity index (χ3n) is 3.55. The third-order valence-corrected chi connectivity index (χ3v) is 5.67. The van der Waals surface area contributed by atoms with Gasteiger partial charge in [0, 0.05) is 20.6 Å². The quantitative estimate of drug-likeness (QED) is 0.449. The van der Waals surface area contributed by atoms with Gasteiger partial charge >= 0.3 is 6.03 Å². The maximum absolute atomic E-state index is 12.4. The van der Waals surface area contributed by atoms with E-state index in [2.05, 4.69) is 37.9 Å². The van der Waals surface area contributed by atoms with E-state index in [1.807, 2.05) is 30.3 Å². The van der Waals surface area contributed by atoms with E-state index < -0.39 is 16.1 Å². The Bertz CT molecular complexity index is 1020. The van der Waals surface area contributed by atoms with Crippen LogP contribution >= 0.6 is 22.6 Å². The van der Waals surface area contributed by atoms with Crippen LogP contribution in [-0.4, -0.2) is 14.4 Å². The molecular formula is C19H16IN3O3S. The van der Waals surface area contributed by atoms with Gasteiger partial charge in [0.25, 0.3) is 10.0 Å². The van der Waals surface area contributed by atoms with Crippen LogP contribution in [0.2, 0.25) is 0 Å². The summed E-state index contributed by atoms with van der Waals surface area (Å²) in [7, 11) is -3.70. The van der Waals surface area contributed by atoms with Gasteiger partial charge in [0.05, 0.1) is 4.90 Å². The second-order valence-electron chi connectivity index (χ2n) is 5.58. The Labute approximate surface area is 171 Å². The van der Waals surface area contributed by atoms with E-state index in [1.54, 1.807) is 24.3 Å². The van der Waals surface area contributed by atoms with Crippen molar-refractivity contribution < 1.29 is 13.2 Å². The molecule has 6 nitrogen and oxygen atoms in total. The minimum atomic E-state index is -3.70. The predicted octanol–water partition coefficient (Wildman–Crippen LogP) is 4.74. The van der Waals surface area contributed by atoms with E-state index in [0.717, 1.165) is 3.57 Å². The highest BCUT2D eigenvalue weighted by molar-refractivity contribution is 14.1. The summed E-state index contributed by atoms with van der Waals surface area (Å²) in [6, 6.07) is 21.6.